The van der Waals surface area contributed by atoms with Crippen LogP contribution in [0.15, 0.2) is 0 Å². The molecule has 0 aromatic rings. The van der Waals surface area contributed by atoms with Crippen molar-refractivity contribution in [2.24, 2.45) is 5.41 Å². The number of fused-ring (bicyclic) bond motifs is 1. The maximum absolute atomic E-state index is 5.90. The van der Waals surface area contributed by atoms with Gasteiger partial charge in [0, 0.05) is 25.7 Å². The van der Waals surface area contributed by atoms with Crippen molar-refractivity contribution in [3.63, 3.8) is 0 Å². The maximum Gasteiger partial charge on any atom is 0.0730 e. The first kappa shape index (κ1) is 11.9. The molecule has 2 aliphatic heterocycles. The molecule has 1 N–H and O–H groups in total. The van der Waals surface area contributed by atoms with Gasteiger partial charge in [0.05, 0.1) is 12.7 Å². The molecule has 1 aliphatic carbocycles. The molecule has 0 spiro atoms. The lowest BCUT2D eigenvalue weighted by Gasteiger charge is -2.44. The van der Waals surface area contributed by atoms with Gasteiger partial charge < -0.3 is 10.1 Å². The SMILES string of the molecule is CC1(CN2CCOC3CCCC32)CCCNC1. The van der Waals surface area contributed by atoms with E-state index in [1.54, 1.807) is 0 Å². The summed E-state index contributed by atoms with van der Waals surface area (Å²) in [6, 6.07) is 0.725. The monoisotopic (exact) mass is 238 g/mol. The predicted octanol–water partition coefficient (Wildman–Crippen LogP) is 1.63. The lowest BCUT2D eigenvalue weighted by atomic mass is 9.81. The number of hydrogen-bond donors (Lipinski definition) is 1. The fourth-order valence-electron chi connectivity index (χ4n) is 3.95. The highest BCUT2D eigenvalue weighted by molar-refractivity contribution is 4.93. The Morgan fingerprint density at radius 1 is 1.35 bits per heavy atom. The van der Waals surface area contributed by atoms with Gasteiger partial charge in [0.1, 0.15) is 0 Å². The van der Waals surface area contributed by atoms with E-state index in [0.717, 1.165) is 19.2 Å². The van der Waals surface area contributed by atoms with Crippen molar-refractivity contribution in [2.75, 3.05) is 32.8 Å². The molecule has 17 heavy (non-hydrogen) atoms. The van der Waals surface area contributed by atoms with Crippen LogP contribution in [0.4, 0.5) is 0 Å². The molecule has 1 saturated carbocycles. The summed E-state index contributed by atoms with van der Waals surface area (Å²) in [5.41, 5.74) is 0.489. The predicted molar refractivity (Wildman–Crippen MR) is 69.2 cm³/mol. The Morgan fingerprint density at radius 2 is 2.29 bits per heavy atom. The first-order valence-electron chi connectivity index (χ1n) is 7.33. The number of morpholine rings is 1. The first-order chi connectivity index (χ1) is 8.27. The van der Waals surface area contributed by atoms with Gasteiger partial charge in [-0.1, -0.05) is 6.92 Å². The van der Waals surface area contributed by atoms with Gasteiger partial charge in [0.2, 0.25) is 0 Å². The molecular formula is C14H26N2O. The summed E-state index contributed by atoms with van der Waals surface area (Å²) >= 11 is 0. The van der Waals surface area contributed by atoms with Gasteiger partial charge in [0.25, 0.3) is 0 Å². The summed E-state index contributed by atoms with van der Waals surface area (Å²) < 4.78 is 5.90. The van der Waals surface area contributed by atoms with Crippen molar-refractivity contribution in [1.29, 1.82) is 0 Å². The lowest BCUT2D eigenvalue weighted by molar-refractivity contribution is -0.0690. The van der Waals surface area contributed by atoms with Gasteiger partial charge >= 0.3 is 0 Å². The molecule has 3 atom stereocenters. The third-order valence-corrected chi connectivity index (χ3v) is 4.87. The number of nitrogens with zero attached hydrogens (tertiary/aromatic N) is 1. The average molecular weight is 238 g/mol. The van der Waals surface area contributed by atoms with Gasteiger partial charge in [0.15, 0.2) is 0 Å². The highest BCUT2D eigenvalue weighted by atomic mass is 16.5. The van der Waals surface area contributed by atoms with Crippen molar-refractivity contribution in [3.05, 3.63) is 0 Å². The van der Waals surface area contributed by atoms with Gasteiger partial charge in [-0.25, -0.2) is 0 Å². The molecule has 0 radical (unpaired) electrons. The van der Waals surface area contributed by atoms with Crippen LogP contribution in [0.1, 0.15) is 39.0 Å². The summed E-state index contributed by atoms with van der Waals surface area (Å²) in [4.78, 5) is 2.73. The van der Waals surface area contributed by atoms with Crippen LogP contribution in [0.25, 0.3) is 0 Å². The summed E-state index contributed by atoms with van der Waals surface area (Å²) in [5, 5.41) is 3.57. The molecule has 3 nitrogen and oxygen atoms in total. The Labute approximate surface area is 105 Å². The zero-order chi connectivity index (χ0) is 11.7. The van der Waals surface area contributed by atoms with E-state index >= 15 is 0 Å². The molecule has 2 heterocycles. The van der Waals surface area contributed by atoms with Crippen LogP contribution in [0, 0.1) is 5.41 Å². The Kier molecular flexibility index (Phi) is 3.42. The fraction of sp³-hybridized carbons (Fsp3) is 1.00. The van der Waals surface area contributed by atoms with Crippen LogP contribution in [-0.2, 0) is 4.74 Å². The van der Waals surface area contributed by atoms with Crippen LogP contribution in [0.2, 0.25) is 0 Å². The third kappa shape index (κ3) is 2.51. The molecule has 3 heteroatoms. The molecular weight excluding hydrogens is 212 g/mol. The molecule has 3 fully saturated rings. The number of nitrogens with one attached hydrogen (secondary N) is 1. The van der Waals surface area contributed by atoms with Gasteiger partial charge in [-0.3, -0.25) is 4.90 Å². The van der Waals surface area contributed by atoms with Gasteiger partial charge in [-0.15, -0.1) is 0 Å². The first-order valence-corrected chi connectivity index (χ1v) is 7.33. The highest BCUT2D eigenvalue weighted by Gasteiger charge is 2.39. The number of ether oxygens (including phenoxy) is 1. The number of rotatable bonds is 2. The van der Waals surface area contributed by atoms with E-state index in [1.807, 2.05) is 0 Å². The van der Waals surface area contributed by atoms with Crippen molar-refractivity contribution in [3.8, 4) is 0 Å². The summed E-state index contributed by atoms with van der Waals surface area (Å²) in [7, 11) is 0. The Hall–Kier alpha value is -0.120. The zero-order valence-corrected chi connectivity index (χ0v) is 11.1. The molecule has 0 aromatic carbocycles. The Bertz CT molecular complexity index is 263. The van der Waals surface area contributed by atoms with E-state index in [-0.39, 0.29) is 0 Å². The maximum atomic E-state index is 5.90. The smallest absolute Gasteiger partial charge is 0.0730 e. The van der Waals surface area contributed by atoms with E-state index in [9.17, 15) is 0 Å². The number of hydrogen-bond acceptors (Lipinski definition) is 3. The Balaban J connectivity index is 1.63. The Morgan fingerprint density at radius 3 is 3.12 bits per heavy atom. The average Bonchev–Trinajstić information content (AvgIpc) is 2.79. The van der Waals surface area contributed by atoms with Crippen LogP contribution in [0.3, 0.4) is 0 Å². The normalized spacial score (nSPS) is 43.6. The van der Waals surface area contributed by atoms with Crippen LogP contribution >= 0.6 is 0 Å². The van der Waals surface area contributed by atoms with Crippen LogP contribution in [-0.4, -0.2) is 49.8 Å². The minimum atomic E-state index is 0.489. The molecule has 0 bridgehead atoms. The topological polar surface area (TPSA) is 24.5 Å². The van der Waals surface area contributed by atoms with E-state index in [0.29, 0.717) is 11.5 Å². The summed E-state index contributed by atoms with van der Waals surface area (Å²) in [6.45, 7) is 8.23. The van der Waals surface area contributed by atoms with Crippen molar-refractivity contribution >= 4 is 0 Å². The largest absolute Gasteiger partial charge is 0.375 e. The standard InChI is InChI=1S/C14H26N2O/c1-14(6-3-7-15-10-14)11-16-8-9-17-13-5-2-4-12(13)16/h12-13,15H,2-11H2,1H3. The summed E-state index contributed by atoms with van der Waals surface area (Å²) in [5.74, 6) is 0. The zero-order valence-electron chi connectivity index (χ0n) is 11.1. The second kappa shape index (κ2) is 4.87. The second-order valence-electron chi connectivity index (χ2n) is 6.47. The molecule has 0 amide bonds. The fourth-order valence-corrected chi connectivity index (χ4v) is 3.95. The minimum absolute atomic E-state index is 0.489. The van der Waals surface area contributed by atoms with Crippen molar-refractivity contribution in [1.82, 2.24) is 10.2 Å². The van der Waals surface area contributed by atoms with E-state index in [4.69, 9.17) is 4.74 Å². The van der Waals surface area contributed by atoms with E-state index in [1.165, 1.54) is 51.7 Å². The van der Waals surface area contributed by atoms with Gasteiger partial charge in [-0.2, -0.15) is 0 Å². The lowest BCUT2D eigenvalue weighted by Crippen LogP contribution is -2.54. The molecule has 3 unspecified atom stereocenters. The molecule has 2 saturated heterocycles. The van der Waals surface area contributed by atoms with Crippen molar-refractivity contribution < 1.29 is 4.74 Å². The van der Waals surface area contributed by atoms with E-state index < -0.39 is 0 Å². The number of piperidine rings is 1. The van der Waals surface area contributed by atoms with Crippen LogP contribution < -0.4 is 5.32 Å². The molecule has 0 aromatic heterocycles. The third-order valence-electron chi connectivity index (χ3n) is 4.87. The molecule has 98 valence electrons. The van der Waals surface area contributed by atoms with Crippen molar-refractivity contribution in [2.45, 2.75) is 51.2 Å². The second-order valence-corrected chi connectivity index (χ2v) is 6.47. The van der Waals surface area contributed by atoms with E-state index in [2.05, 4.69) is 17.1 Å². The van der Waals surface area contributed by atoms with Crippen LogP contribution in [0.5, 0.6) is 0 Å². The quantitative estimate of drug-likeness (QED) is 0.791. The van der Waals surface area contributed by atoms with Gasteiger partial charge in [-0.05, 0) is 44.1 Å². The molecule has 3 aliphatic rings. The summed E-state index contributed by atoms with van der Waals surface area (Å²) in [6.07, 6.45) is 7.28. The molecule has 3 rings (SSSR count). The minimum Gasteiger partial charge on any atom is -0.375 e. The highest BCUT2D eigenvalue weighted by Crippen LogP contribution is 2.34.